The Labute approximate surface area is 119 Å². The molecule has 0 aromatic rings. The number of hydrogen-bond acceptors (Lipinski definition) is 0. The SMILES string of the molecule is CCCCCCCCCCCCC(C)C(C)(C)P. The van der Waals surface area contributed by atoms with Crippen molar-refractivity contribution >= 4 is 9.24 Å². The van der Waals surface area contributed by atoms with E-state index in [2.05, 4.69) is 36.9 Å². The summed E-state index contributed by atoms with van der Waals surface area (Å²) in [6.07, 6.45) is 15.8. The van der Waals surface area contributed by atoms with Gasteiger partial charge in [0.15, 0.2) is 0 Å². The molecule has 0 saturated carbocycles. The molecular weight excluding hydrogens is 235 g/mol. The zero-order chi connectivity index (χ0) is 13.9. The van der Waals surface area contributed by atoms with Crippen molar-refractivity contribution in [3.8, 4) is 0 Å². The molecule has 0 aromatic carbocycles. The molecule has 0 rings (SSSR count). The van der Waals surface area contributed by atoms with E-state index in [0.717, 1.165) is 5.92 Å². The number of unbranched alkanes of at least 4 members (excludes halogenated alkanes) is 9. The van der Waals surface area contributed by atoms with E-state index in [1.807, 2.05) is 0 Å². The maximum atomic E-state index is 2.99. The highest BCUT2D eigenvalue weighted by Gasteiger charge is 2.19. The Morgan fingerprint density at radius 2 is 1.17 bits per heavy atom. The van der Waals surface area contributed by atoms with Crippen LogP contribution in [0.3, 0.4) is 0 Å². The monoisotopic (exact) mass is 272 g/mol. The van der Waals surface area contributed by atoms with Crippen LogP contribution in [0.4, 0.5) is 0 Å². The molecule has 0 aliphatic carbocycles. The van der Waals surface area contributed by atoms with Crippen LogP contribution in [0.2, 0.25) is 0 Å². The first-order valence-electron chi connectivity index (χ1n) is 8.27. The summed E-state index contributed by atoms with van der Waals surface area (Å²) in [7, 11) is 2.99. The predicted molar refractivity (Wildman–Crippen MR) is 89.4 cm³/mol. The molecule has 0 N–H and O–H groups in total. The Hall–Kier alpha value is 0.430. The lowest BCUT2D eigenvalue weighted by atomic mass is 9.91. The highest BCUT2D eigenvalue weighted by molar-refractivity contribution is 7.18. The second-order valence-electron chi connectivity index (χ2n) is 6.69. The van der Waals surface area contributed by atoms with Crippen LogP contribution in [-0.2, 0) is 0 Å². The largest absolute Gasteiger partial charge is 0.131 e. The third-order valence-electron chi connectivity index (χ3n) is 4.26. The highest BCUT2D eigenvalue weighted by Crippen LogP contribution is 2.30. The van der Waals surface area contributed by atoms with Gasteiger partial charge in [-0.1, -0.05) is 91.9 Å². The van der Waals surface area contributed by atoms with Crippen LogP contribution in [0.15, 0.2) is 0 Å². The summed E-state index contributed by atoms with van der Waals surface area (Å²) in [5.41, 5.74) is 0. The van der Waals surface area contributed by atoms with Crippen molar-refractivity contribution in [2.45, 2.75) is 103 Å². The molecule has 0 nitrogen and oxygen atoms in total. The molecule has 0 amide bonds. The molecule has 2 atom stereocenters. The lowest BCUT2D eigenvalue weighted by Crippen LogP contribution is -2.20. The second kappa shape index (κ2) is 11.3. The van der Waals surface area contributed by atoms with Crippen molar-refractivity contribution < 1.29 is 0 Å². The molecule has 0 heterocycles. The van der Waals surface area contributed by atoms with Gasteiger partial charge in [0.1, 0.15) is 0 Å². The molecule has 0 spiro atoms. The van der Waals surface area contributed by atoms with Crippen LogP contribution >= 0.6 is 9.24 Å². The molecule has 110 valence electrons. The van der Waals surface area contributed by atoms with Gasteiger partial charge in [-0.25, -0.2) is 0 Å². The first-order valence-corrected chi connectivity index (χ1v) is 8.85. The van der Waals surface area contributed by atoms with Crippen molar-refractivity contribution in [3.63, 3.8) is 0 Å². The average Bonchev–Trinajstić information content (AvgIpc) is 2.30. The fourth-order valence-corrected chi connectivity index (χ4v) is 2.48. The van der Waals surface area contributed by atoms with Gasteiger partial charge in [0.05, 0.1) is 0 Å². The van der Waals surface area contributed by atoms with Crippen molar-refractivity contribution in [1.29, 1.82) is 0 Å². The van der Waals surface area contributed by atoms with Crippen LogP contribution in [0.25, 0.3) is 0 Å². The molecular formula is C17H37P. The van der Waals surface area contributed by atoms with E-state index >= 15 is 0 Å². The Bertz CT molecular complexity index is 169. The fourth-order valence-electron chi connectivity index (χ4n) is 2.31. The Morgan fingerprint density at radius 1 is 0.778 bits per heavy atom. The maximum absolute atomic E-state index is 2.99. The standard InChI is InChI=1S/C17H37P/c1-5-6-7-8-9-10-11-12-13-14-15-16(2)17(3,4)18/h16H,5-15,18H2,1-4H3. The quantitative estimate of drug-likeness (QED) is 0.278. The minimum Gasteiger partial charge on any atom is -0.131 e. The van der Waals surface area contributed by atoms with E-state index in [4.69, 9.17) is 0 Å². The fraction of sp³-hybridized carbons (Fsp3) is 1.00. The summed E-state index contributed by atoms with van der Waals surface area (Å²) in [5.74, 6) is 0.830. The minimum absolute atomic E-state index is 0.416. The summed E-state index contributed by atoms with van der Waals surface area (Å²) < 4.78 is 0. The van der Waals surface area contributed by atoms with Crippen LogP contribution in [0.5, 0.6) is 0 Å². The first-order chi connectivity index (χ1) is 8.48. The average molecular weight is 272 g/mol. The van der Waals surface area contributed by atoms with Gasteiger partial charge in [-0.3, -0.25) is 0 Å². The van der Waals surface area contributed by atoms with Crippen LogP contribution < -0.4 is 0 Å². The van der Waals surface area contributed by atoms with Gasteiger partial charge >= 0.3 is 0 Å². The topological polar surface area (TPSA) is 0 Å². The molecule has 2 unspecified atom stereocenters. The molecule has 1 heteroatoms. The van der Waals surface area contributed by atoms with Gasteiger partial charge in [0.25, 0.3) is 0 Å². The van der Waals surface area contributed by atoms with Crippen LogP contribution in [-0.4, -0.2) is 5.16 Å². The second-order valence-corrected chi connectivity index (χ2v) is 8.18. The molecule has 0 aliphatic rings. The summed E-state index contributed by atoms with van der Waals surface area (Å²) in [4.78, 5) is 0. The van der Waals surface area contributed by atoms with Gasteiger partial charge in [-0.15, -0.1) is 9.24 Å². The van der Waals surface area contributed by atoms with E-state index in [9.17, 15) is 0 Å². The Morgan fingerprint density at radius 3 is 1.56 bits per heavy atom. The van der Waals surface area contributed by atoms with Crippen LogP contribution in [0, 0.1) is 5.92 Å². The predicted octanol–water partition coefficient (Wildman–Crippen LogP) is 6.59. The van der Waals surface area contributed by atoms with Crippen LogP contribution in [0.1, 0.15) is 98.3 Å². The molecule has 0 saturated heterocycles. The Balaban J connectivity index is 3.17. The van der Waals surface area contributed by atoms with E-state index in [0.29, 0.717) is 5.16 Å². The molecule has 0 aromatic heterocycles. The van der Waals surface area contributed by atoms with Crippen molar-refractivity contribution in [2.24, 2.45) is 5.92 Å². The summed E-state index contributed by atoms with van der Waals surface area (Å²) in [6.45, 7) is 9.34. The van der Waals surface area contributed by atoms with E-state index < -0.39 is 0 Å². The number of hydrogen-bond donors (Lipinski definition) is 0. The Kier molecular flexibility index (Phi) is 11.5. The van der Waals surface area contributed by atoms with Gasteiger partial charge < -0.3 is 0 Å². The third kappa shape index (κ3) is 11.5. The van der Waals surface area contributed by atoms with Gasteiger partial charge in [0.2, 0.25) is 0 Å². The molecule has 0 radical (unpaired) electrons. The minimum atomic E-state index is 0.416. The maximum Gasteiger partial charge on any atom is -0.0181 e. The van der Waals surface area contributed by atoms with Gasteiger partial charge in [-0.2, -0.15) is 0 Å². The first kappa shape index (κ1) is 18.4. The molecule has 0 fully saturated rings. The molecule has 0 bridgehead atoms. The third-order valence-corrected chi connectivity index (χ3v) is 4.83. The van der Waals surface area contributed by atoms with E-state index in [1.54, 1.807) is 0 Å². The van der Waals surface area contributed by atoms with Gasteiger partial charge in [0, 0.05) is 0 Å². The molecule has 18 heavy (non-hydrogen) atoms. The van der Waals surface area contributed by atoms with Crippen molar-refractivity contribution in [2.75, 3.05) is 0 Å². The lowest BCUT2D eigenvalue weighted by Gasteiger charge is -2.26. The van der Waals surface area contributed by atoms with Crippen molar-refractivity contribution in [1.82, 2.24) is 0 Å². The van der Waals surface area contributed by atoms with Gasteiger partial charge in [-0.05, 0) is 17.5 Å². The normalized spacial score (nSPS) is 13.8. The van der Waals surface area contributed by atoms with E-state index in [-0.39, 0.29) is 0 Å². The zero-order valence-electron chi connectivity index (χ0n) is 13.4. The van der Waals surface area contributed by atoms with Crippen molar-refractivity contribution in [3.05, 3.63) is 0 Å². The highest BCUT2D eigenvalue weighted by atomic mass is 31.0. The summed E-state index contributed by atoms with van der Waals surface area (Å²) in [6, 6.07) is 0. The smallest absolute Gasteiger partial charge is 0.0181 e. The zero-order valence-corrected chi connectivity index (χ0v) is 14.6. The molecule has 0 aliphatic heterocycles. The lowest BCUT2D eigenvalue weighted by molar-refractivity contribution is 0.406. The van der Waals surface area contributed by atoms with E-state index in [1.165, 1.54) is 70.6 Å². The summed E-state index contributed by atoms with van der Waals surface area (Å²) in [5, 5.41) is 0.416. The summed E-state index contributed by atoms with van der Waals surface area (Å²) >= 11 is 0. The number of rotatable bonds is 12.